The van der Waals surface area contributed by atoms with Crippen molar-refractivity contribution in [1.82, 2.24) is 9.78 Å². The Kier molecular flexibility index (Phi) is 7.25. The fraction of sp³-hybridized carbons (Fsp3) is 0.189. The summed E-state index contributed by atoms with van der Waals surface area (Å²) in [7, 11) is 0. The summed E-state index contributed by atoms with van der Waals surface area (Å²) in [5.41, 5.74) is 8.40. The third-order valence-electron chi connectivity index (χ3n) is 8.22. The zero-order valence-corrected chi connectivity index (χ0v) is 25.7. The van der Waals surface area contributed by atoms with E-state index in [9.17, 15) is 4.79 Å². The Morgan fingerprint density at radius 2 is 1.60 bits per heavy atom. The van der Waals surface area contributed by atoms with Crippen LogP contribution in [-0.2, 0) is 4.74 Å². The van der Waals surface area contributed by atoms with Crippen molar-refractivity contribution in [2.75, 3.05) is 16.8 Å². The van der Waals surface area contributed by atoms with Crippen LogP contribution in [0.15, 0.2) is 113 Å². The zero-order chi connectivity index (χ0) is 31.1. The minimum absolute atomic E-state index is 0.203. The summed E-state index contributed by atoms with van der Waals surface area (Å²) in [5.74, 6) is 2.14. The molecule has 1 N–H and O–H groups in total. The molecule has 0 radical (unpaired) electrons. The molecule has 0 saturated heterocycles. The minimum atomic E-state index is -0.348. The minimum Gasteiger partial charge on any atom is -0.462 e. The summed E-state index contributed by atoms with van der Waals surface area (Å²) in [4.78, 5) is 24.9. The number of nitrogens with one attached hydrogen (secondary N) is 1. The molecule has 224 valence electrons. The summed E-state index contributed by atoms with van der Waals surface area (Å²) in [6, 6.07) is 34.1. The Labute approximate surface area is 262 Å². The van der Waals surface area contributed by atoms with Gasteiger partial charge in [0, 0.05) is 11.3 Å². The van der Waals surface area contributed by atoms with Gasteiger partial charge in [-0.15, -0.1) is 0 Å². The van der Waals surface area contributed by atoms with Crippen LogP contribution in [0.5, 0.6) is 0 Å². The smallest absolute Gasteiger partial charge is 0.338 e. The molecule has 1 aromatic heterocycles. The number of rotatable bonds is 6. The molecule has 0 saturated carbocycles. The van der Waals surface area contributed by atoms with Gasteiger partial charge < -0.3 is 15.0 Å². The number of aliphatic imine (C=N–C) groups is 2. The topological polar surface area (TPSA) is 84.1 Å². The number of carbonyl (C=O) groups is 1. The second-order valence-electron chi connectivity index (χ2n) is 11.5. The number of aromatic nitrogens is 2. The van der Waals surface area contributed by atoms with Crippen LogP contribution in [0.4, 0.5) is 22.9 Å². The van der Waals surface area contributed by atoms with Crippen LogP contribution in [0.1, 0.15) is 65.5 Å². The predicted octanol–water partition coefficient (Wildman–Crippen LogP) is 8.28. The van der Waals surface area contributed by atoms with Crippen molar-refractivity contribution in [3.05, 3.63) is 131 Å². The fourth-order valence-corrected chi connectivity index (χ4v) is 5.97. The van der Waals surface area contributed by atoms with E-state index in [-0.39, 0.29) is 12.0 Å². The van der Waals surface area contributed by atoms with Crippen LogP contribution >= 0.6 is 0 Å². The van der Waals surface area contributed by atoms with Gasteiger partial charge in [-0.05, 0) is 79.4 Å². The van der Waals surface area contributed by atoms with Crippen molar-refractivity contribution in [1.29, 1.82) is 0 Å². The maximum atomic E-state index is 12.3. The van der Waals surface area contributed by atoms with E-state index in [0.717, 1.165) is 45.4 Å². The summed E-state index contributed by atoms with van der Waals surface area (Å²) in [6.07, 6.45) is 0. The molecule has 5 aromatic rings. The number of aryl methyl sites for hydroxylation is 1. The van der Waals surface area contributed by atoms with Crippen molar-refractivity contribution >= 4 is 40.5 Å². The average molecular weight is 595 g/mol. The molecule has 2 aliphatic heterocycles. The Bertz CT molecular complexity index is 1940. The highest BCUT2D eigenvalue weighted by Gasteiger charge is 2.41. The second-order valence-corrected chi connectivity index (χ2v) is 11.5. The van der Waals surface area contributed by atoms with Crippen LogP contribution in [0.2, 0.25) is 0 Å². The molecule has 7 rings (SSSR count). The molecule has 8 heteroatoms. The molecule has 0 spiro atoms. The van der Waals surface area contributed by atoms with Gasteiger partial charge in [0.25, 0.3) is 0 Å². The lowest BCUT2D eigenvalue weighted by Gasteiger charge is -2.40. The molecule has 45 heavy (non-hydrogen) atoms. The van der Waals surface area contributed by atoms with Crippen molar-refractivity contribution in [2.45, 2.75) is 39.7 Å². The lowest BCUT2D eigenvalue weighted by molar-refractivity contribution is 0.0526. The standard InChI is InChI=1S/C37H34N6O2/c1-5-45-37(44)27-19-21-28(22-20-27)38-34-36-40-35-32(24(4)41-43(35)29-11-7-6-8-12-29)33(26-17-15-25(16-18-26)23(2)3)42(36)31-14-10-9-13-30(31)39-34/h6-23,33H,5H2,1-4H3,(H,38,39). The van der Waals surface area contributed by atoms with Gasteiger partial charge in [0.15, 0.2) is 17.5 Å². The third-order valence-corrected chi connectivity index (χ3v) is 8.22. The molecule has 0 fully saturated rings. The summed E-state index contributed by atoms with van der Waals surface area (Å²) >= 11 is 0. The first-order chi connectivity index (χ1) is 21.9. The summed E-state index contributed by atoms with van der Waals surface area (Å²) < 4.78 is 7.09. The molecular weight excluding hydrogens is 560 g/mol. The number of nitrogens with zero attached hydrogens (tertiary/aromatic N) is 5. The van der Waals surface area contributed by atoms with Gasteiger partial charge in [0.2, 0.25) is 0 Å². The zero-order valence-electron chi connectivity index (χ0n) is 25.7. The van der Waals surface area contributed by atoms with Crippen LogP contribution < -0.4 is 10.2 Å². The first-order valence-corrected chi connectivity index (χ1v) is 15.3. The van der Waals surface area contributed by atoms with E-state index in [4.69, 9.17) is 19.8 Å². The maximum absolute atomic E-state index is 12.3. The van der Waals surface area contributed by atoms with E-state index in [1.165, 1.54) is 5.56 Å². The first kappa shape index (κ1) is 28.3. The maximum Gasteiger partial charge on any atom is 0.338 e. The molecule has 1 unspecified atom stereocenters. The number of fused-ring (bicyclic) bond motifs is 4. The quantitative estimate of drug-likeness (QED) is 0.200. The highest BCUT2D eigenvalue weighted by Crippen LogP contribution is 2.48. The highest BCUT2D eigenvalue weighted by molar-refractivity contribution is 6.51. The number of carbonyl (C=O) groups excluding carboxylic acids is 1. The van der Waals surface area contributed by atoms with Gasteiger partial charge in [0.1, 0.15) is 0 Å². The second kappa shape index (κ2) is 11.5. The van der Waals surface area contributed by atoms with Crippen molar-refractivity contribution < 1.29 is 9.53 Å². The lowest BCUT2D eigenvalue weighted by atomic mass is 9.91. The van der Waals surface area contributed by atoms with Gasteiger partial charge in [-0.1, -0.05) is 68.4 Å². The Balaban J connectivity index is 1.41. The Morgan fingerprint density at radius 1 is 0.889 bits per heavy atom. The normalized spacial score (nSPS) is 15.0. The van der Waals surface area contributed by atoms with Gasteiger partial charge in [-0.25, -0.2) is 19.5 Å². The van der Waals surface area contributed by atoms with Gasteiger partial charge in [0.05, 0.1) is 41.0 Å². The number of hydrogen-bond donors (Lipinski definition) is 1. The molecule has 4 aromatic carbocycles. The number of esters is 1. The molecular formula is C37H34N6O2. The molecule has 0 amide bonds. The van der Waals surface area contributed by atoms with Crippen LogP contribution in [0.25, 0.3) is 5.69 Å². The van der Waals surface area contributed by atoms with Crippen LogP contribution in [0.3, 0.4) is 0 Å². The number of amidine groups is 2. The van der Waals surface area contributed by atoms with Crippen molar-refractivity contribution in [3.8, 4) is 5.69 Å². The van der Waals surface area contributed by atoms with E-state index in [1.54, 1.807) is 19.1 Å². The average Bonchev–Trinajstić information content (AvgIpc) is 3.40. The largest absolute Gasteiger partial charge is 0.462 e. The summed E-state index contributed by atoms with van der Waals surface area (Å²) in [6.45, 7) is 8.60. The Morgan fingerprint density at radius 3 is 2.31 bits per heavy atom. The molecule has 8 nitrogen and oxygen atoms in total. The number of para-hydroxylation sites is 3. The fourth-order valence-electron chi connectivity index (χ4n) is 5.97. The number of hydrogen-bond acceptors (Lipinski definition) is 7. The molecule has 0 aliphatic carbocycles. The van der Waals surface area contributed by atoms with Crippen LogP contribution in [-0.4, -0.2) is 34.0 Å². The summed E-state index contributed by atoms with van der Waals surface area (Å²) in [5, 5.41) is 8.53. The number of ether oxygens (including phenoxy) is 1. The van der Waals surface area contributed by atoms with Gasteiger partial charge in [-0.3, -0.25) is 0 Å². The predicted molar refractivity (Wildman–Crippen MR) is 180 cm³/mol. The highest BCUT2D eigenvalue weighted by atomic mass is 16.5. The lowest BCUT2D eigenvalue weighted by Crippen LogP contribution is -2.46. The first-order valence-electron chi connectivity index (χ1n) is 15.3. The van der Waals surface area contributed by atoms with E-state index in [0.29, 0.717) is 29.8 Å². The van der Waals surface area contributed by atoms with E-state index in [1.807, 2.05) is 65.3 Å². The Hall–Kier alpha value is -5.50. The van der Waals surface area contributed by atoms with E-state index in [2.05, 4.69) is 61.3 Å². The molecule has 0 bridgehead atoms. The molecule has 2 aliphatic rings. The SMILES string of the molecule is CCOC(=O)c1ccc(NC2=Nc3ccccc3N3C2=Nc2c(c(C)nn2-c2ccccc2)C3c2ccc(C(C)C)cc2)cc1. The number of anilines is 2. The van der Waals surface area contributed by atoms with Crippen molar-refractivity contribution in [3.63, 3.8) is 0 Å². The number of benzene rings is 4. The van der Waals surface area contributed by atoms with Crippen LogP contribution in [0, 0.1) is 6.92 Å². The van der Waals surface area contributed by atoms with E-state index < -0.39 is 0 Å². The van der Waals surface area contributed by atoms with Gasteiger partial charge >= 0.3 is 5.97 Å². The van der Waals surface area contributed by atoms with Gasteiger partial charge in [-0.2, -0.15) is 5.10 Å². The molecule has 3 heterocycles. The third kappa shape index (κ3) is 5.08. The van der Waals surface area contributed by atoms with E-state index >= 15 is 0 Å². The van der Waals surface area contributed by atoms with Crippen molar-refractivity contribution in [2.24, 2.45) is 9.98 Å². The monoisotopic (exact) mass is 594 g/mol. The molecule has 1 atom stereocenters.